The van der Waals surface area contributed by atoms with E-state index in [4.69, 9.17) is 0 Å². The van der Waals surface area contributed by atoms with Gasteiger partial charge >= 0.3 is 0 Å². The summed E-state index contributed by atoms with van der Waals surface area (Å²) in [6.07, 6.45) is 5.25. The van der Waals surface area contributed by atoms with Crippen molar-refractivity contribution in [2.75, 3.05) is 0 Å². The van der Waals surface area contributed by atoms with Crippen LogP contribution in [0, 0.1) is 6.92 Å². The van der Waals surface area contributed by atoms with E-state index in [0.717, 1.165) is 12.8 Å². The molecule has 0 amide bonds. The van der Waals surface area contributed by atoms with Crippen LogP contribution in [0.25, 0.3) is 0 Å². The molecule has 8 heavy (non-hydrogen) atoms. The van der Waals surface area contributed by atoms with E-state index >= 15 is 0 Å². The molecule has 2 heteroatoms. The van der Waals surface area contributed by atoms with Crippen molar-refractivity contribution in [2.45, 2.75) is 19.3 Å². The minimum atomic E-state index is 0. The average Bonchev–Trinajstić information content (AvgIpc) is 1.61. The zero-order valence-corrected chi connectivity index (χ0v) is 9.75. The summed E-state index contributed by atoms with van der Waals surface area (Å²) in [5.74, 6) is 0. The molecule has 0 spiro atoms. The maximum absolute atomic E-state index is 3.68. The second-order valence-electron chi connectivity index (χ2n) is 1.28. The van der Waals surface area contributed by atoms with Gasteiger partial charge in [0.25, 0.3) is 0 Å². The van der Waals surface area contributed by atoms with E-state index in [-0.39, 0.29) is 36.5 Å². The van der Waals surface area contributed by atoms with Crippen molar-refractivity contribution in [3.05, 3.63) is 19.6 Å². The second-order valence-corrected chi connectivity index (χ2v) is 1.28. The van der Waals surface area contributed by atoms with Gasteiger partial charge in [-0.1, -0.05) is 19.4 Å². The zero-order valence-electron chi connectivity index (χ0n) is 5.20. The summed E-state index contributed by atoms with van der Waals surface area (Å²) in [6.45, 7) is 7.25. The minimum absolute atomic E-state index is 0. The normalized spacial score (nSPS) is 6.12. The van der Waals surface area contributed by atoms with Gasteiger partial charge in [0.05, 0.1) is 0 Å². The summed E-state index contributed by atoms with van der Waals surface area (Å²) >= 11 is 0. The molecule has 0 aliphatic carbocycles. The quantitative estimate of drug-likeness (QED) is 0.336. The molecule has 0 unspecified atom stereocenters. The summed E-state index contributed by atoms with van der Waals surface area (Å²) in [5.41, 5.74) is 0. The molecule has 0 bridgehead atoms. The number of allylic oxidation sites excluding steroid dienone is 1. The van der Waals surface area contributed by atoms with Gasteiger partial charge in [-0.3, -0.25) is 0 Å². The van der Waals surface area contributed by atoms with Crippen molar-refractivity contribution in [2.24, 2.45) is 0 Å². The molecule has 0 atom stereocenters. The van der Waals surface area contributed by atoms with Crippen LogP contribution < -0.4 is 17.0 Å². The smallest absolute Gasteiger partial charge is 0 e. The number of hydrogen-bond donors (Lipinski definition) is 0. The Morgan fingerprint density at radius 2 is 1.88 bits per heavy atom. The van der Waals surface area contributed by atoms with Crippen LogP contribution in [0.4, 0.5) is 0 Å². The van der Waals surface area contributed by atoms with E-state index in [1.807, 2.05) is 6.08 Å². The molecule has 0 aliphatic heterocycles. The van der Waals surface area contributed by atoms with Crippen LogP contribution in [0.2, 0.25) is 0 Å². The van der Waals surface area contributed by atoms with Crippen molar-refractivity contribution in [3.8, 4) is 0 Å². The average molecular weight is 228 g/mol. The van der Waals surface area contributed by atoms with Crippen molar-refractivity contribution in [1.29, 1.82) is 0 Å². The van der Waals surface area contributed by atoms with Gasteiger partial charge in [0, 0.05) is 19.5 Å². The fraction of sp³-hybridized carbons (Fsp3) is 0.500. The second kappa shape index (κ2) is 15.7. The van der Waals surface area contributed by atoms with Crippen molar-refractivity contribution >= 4 is 0 Å². The van der Waals surface area contributed by atoms with Gasteiger partial charge in [-0.15, -0.1) is 6.58 Å². The Hall–Kier alpha value is 0.843. The van der Waals surface area contributed by atoms with Gasteiger partial charge in [-0.05, 0) is 12.8 Å². The van der Waals surface area contributed by atoms with E-state index in [0.29, 0.717) is 0 Å². The fourth-order valence-corrected chi connectivity index (χ4v) is 0.289. The third kappa shape index (κ3) is 15.8. The maximum Gasteiger partial charge on any atom is 0 e. The van der Waals surface area contributed by atoms with Crippen molar-refractivity contribution < 1.29 is 36.5 Å². The Balaban J connectivity index is -0.000000125. The fourth-order valence-electron chi connectivity index (χ4n) is 0.289. The van der Waals surface area contributed by atoms with E-state index in [1.165, 1.54) is 6.42 Å². The van der Waals surface area contributed by atoms with Crippen LogP contribution in [-0.4, -0.2) is 0 Å². The molecule has 0 rings (SSSR count). The van der Waals surface area contributed by atoms with Crippen LogP contribution in [0.5, 0.6) is 0 Å². The molecule has 0 aromatic carbocycles. The molecule has 0 aromatic heterocycles. The summed E-state index contributed by atoms with van der Waals surface area (Å²) in [4.78, 5) is 0. The first kappa shape index (κ1) is 15.9. The minimum Gasteiger partial charge on any atom is -1.00 e. The van der Waals surface area contributed by atoms with Gasteiger partial charge < -0.3 is 17.0 Å². The van der Waals surface area contributed by atoms with Crippen LogP contribution >= 0.6 is 0 Å². The van der Waals surface area contributed by atoms with E-state index < -0.39 is 0 Å². The van der Waals surface area contributed by atoms with Gasteiger partial charge in [-0.25, -0.2) is 0 Å². The Morgan fingerprint density at radius 3 is 2.00 bits per heavy atom. The van der Waals surface area contributed by atoms with Crippen molar-refractivity contribution in [3.63, 3.8) is 0 Å². The first-order valence-corrected chi connectivity index (χ1v) is 2.32. The van der Waals surface area contributed by atoms with Crippen LogP contribution in [0.15, 0.2) is 12.7 Å². The van der Waals surface area contributed by atoms with E-state index in [2.05, 4.69) is 13.5 Å². The molecule has 0 saturated carbocycles. The summed E-state index contributed by atoms with van der Waals surface area (Å²) in [5, 5.41) is 0. The Morgan fingerprint density at radius 1 is 1.38 bits per heavy atom. The van der Waals surface area contributed by atoms with Crippen LogP contribution in [0.3, 0.4) is 0 Å². The van der Waals surface area contributed by atoms with E-state index in [1.54, 1.807) is 0 Å². The third-order valence-corrected chi connectivity index (χ3v) is 0.658. The number of halogens is 1. The molecule has 0 N–H and O–H groups in total. The van der Waals surface area contributed by atoms with Gasteiger partial charge in [0.1, 0.15) is 0 Å². The van der Waals surface area contributed by atoms with Gasteiger partial charge in [-0.2, -0.15) is 0 Å². The molecule has 1 radical (unpaired) electrons. The molecule has 0 fully saturated rings. The molecule has 0 aromatic rings. The molecule has 0 nitrogen and oxygen atoms in total. The predicted octanol–water partition coefficient (Wildman–Crippen LogP) is -0.822. The first-order valence-electron chi connectivity index (χ1n) is 2.32. The first-order chi connectivity index (χ1) is 2.91. The standard InChI is InChI=1S/C6H11.BrH.Zn/c1-3-5-6-4-2;;/h3H,1-2,4-6H2;1H;/p-1. The third-order valence-electron chi connectivity index (χ3n) is 0.658. The van der Waals surface area contributed by atoms with Gasteiger partial charge in [0.15, 0.2) is 0 Å². The Labute approximate surface area is 75.3 Å². The number of unbranched alkanes of at least 4 members (excludes halogenated alkanes) is 2. The predicted molar refractivity (Wildman–Crippen MR) is 29.4 cm³/mol. The van der Waals surface area contributed by atoms with Crippen LogP contribution in [0.1, 0.15) is 19.3 Å². The summed E-state index contributed by atoms with van der Waals surface area (Å²) < 4.78 is 0. The van der Waals surface area contributed by atoms with Gasteiger partial charge in [0.2, 0.25) is 0 Å². The SMILES string of the molecule is [Br-].[CH2]CCCC=C.[Zn]. The topological polar surface area (TPSA) is 0 Å². The molecule has 0 aliphatic rings. The number of hydrogen-bond acceptors (Lipinski definition) is 0. The van der Waals surface area contributed by atoms with Crippen molar-refractivity contribution in [1.82, 2.24) is 0 Å². The maximum atomic E-state index is 3.68. The molecule has 0 saturated heterocycles. The zero-order chi connectivity index (χ0) is 4.83. The summed E-state index contributed by atoms with van der Waals surface area (Å²) in [6, 6.07) is 0. The monoisotopic (exact) mass is 226 g/mol. The van der Waals surface area contributed by atoms with E-state index in [9.17, 15) is 0 Å². The summed E-state index contributed by atoms with van der Waals surface area (Å²) in [7, 11) is 0. The molecule has 0 heterocycles. The Kier molecular flexibility index (Phi) is 31.2. The molecular weight excluding hydrogens is 217 g/mol. The van der Waals surface area contributed by atoms with Crippen LogP contribution in [-0.2, 0) is 19.5 Å². The number of rotatable bonds is 3. The largest absolute Gasteiger partial charge is 1.00 e. The molecular formula is C6H11BrZn-. The Bertz CT molecular complexity index is 37.5. The molecule has 45 valence electrons.